The van der Waals surface area contributed by atoms with Crippen molar-refractivity contribution in [3.05, 3.63) is 64.3 Å². The van der Waals surface area contributed by atoms with Crippen LogP contribution >= 0.6 is 0 Å². The second kappa shape index (κ2) is 10.7. The number of hydrogen-bond donors (Lipinski definition) is 4. The molecule has 39 heavy (non-hydrogen) atoms. The summed E-state index contributed by atoms with van der Waals surface area (Å²) in [4.78, 5) is 13.2. The van der Waals surface area contributed by atoms with E-state index in [0.29, 0.717) is 23.5 Å². The van der Waals surface area contributed by atoms with E-state index in [0.717, 1.165) is 12.8 Å². The van der Waals surface area contributed by atoms with Crippen molar-refractivity contribution in [2.45, 2.75) is 32.0 Å². The number of phenolic OH excluding ortho intramolecular Hbond substituents is 2. The van der Waals surface area contributed by atoms with Gasteiger partial charge in [-0.3, -0.25) is 4.79 Å². The van der Waals surface area contributed by atoms with Gasteiger partial charge in [0.15, 0.2) is 41.0 Å². The molecular formula is C29H28O10. The molecule has 0 radical (unpaired) electrons. The van der Waals surface area contributed by atoms with Gasteiger partial charge in [0, 0.05) is 23.3 Å². The first-order chi connectivity index (χ1) is 18.8. The SMILES string of the molecule is CCCCOc1cc(O)cc2oc(-c3ccc4c(c3)OC(c3ccc(O)c(OC)c3)C(CO)O4)c(O)c(=O)c12. The number of fused-ring (bicyclic) bond motifs is 2. The van der Waals surface area contributed by atoms with Crippen LogP contribution in [0.4, 0.5) is 0 Å². The number of aliphatic hydroxyl groups excluding tert-OH is 1. The summed E-state index contributed by atoms with van der Waals surface area (Å²) in [6, 6.07) is 12.0. The molecule has 0 amide bonds. The van der Waals surface area contributed by atoms with E-state index in [4.69, 9.17) is 23.4 Å². The lowest BCUT2D eigenvalue weighted by Crippen LogP contribution is -2.36. The summed E-state index contributed by atoms with van der Waals surface area (Å²) in [5.41, 5.74) is 0.242. The summed E-state index contributed by atoms with van der Waals surface area (Å²) < 4.78 is 28.9. The molecular weight excluding hydrogens is 508 g/mol. The number of benzene rings is 3. The summed E-state index contributed by atoms with van der Waals surface area (Å²) >= 11 is 0. The van der Waals surface area contributed by atoms with Gasteiger partial charge >= 0.3 is 0 Å². The molecule has 0 spiro atoms. The van der Waals surface area contributed by atoms with Crippen molar-refractivity contribution in [3.63, 3.8) is 0 Å². The number of methoxy groups -OCH3 is 1. The maximum Gasteiger partial charge on any atom is 0.238 e. The van der Waals surface area contributed by atoms with E-state index in [1.54, 1.807) is 30.3 Å². The highest BCUT2D eigenvalue weighted by molar-refractivity contribution is 5.88. The maximum absolute atomic E-state index is 13.2. The van der Waals surface area contributed by atoms with E-state index in [1.165, 1.54) is 25.3 Å². The first-order valence-electron chi connectivity index (χ1n) is 12.5. The number of aromatic hydroxyl groups is 3. The smallest absolute Gasteiger partial charge is 0.238 e. The Morgan fingerprint density at radius 1 is 0.949 bits per heavy atom. The Kier molecular flexibility index (Phi) is 7.12. The zero-order valence-corrected chi connectivity index (χ0v) is 21.3. The highest BCUT2D eigenvalue weighted by atomic mass is 16.6. The van der Waals surface area contributed by atoms with Crippen molar-refractivity contribution < 1.29 is 43.8 Å². The molecule has 0 saturated carbocycles. The molecule has 0 bridgehead atoms. The van der Waals surface area contributed by atoms with Gasteiger partial charge in [-0.05, 0) is 36.8 Å². The van der Waals surface area contributed by atoms with E-state index >= 15 is 0 Å². The normalized spacial score (nSPS) is 16.3. The van der Waals surface area contributed by atoms with Crippen LogP contribution in [0, 0.1) is 0 Å². The van der Waals surface area contributed by atoms with E-state index in [9.17, 15) is 25.2 Å². The molecule has 3 aromatic carbocycles. The summed E-state index contributed by atoms with van der Waals surface area (Å²) in [5.74, 6) is 0.0121. The number of phenols is 2. The molecule has 0 fully saturated rings. The van der Waals surface area contributed by atoms with E-state index in [-0.39, 0.29) is 52.1 Å². The van der Waals surface area contributed by atoms with Gasteiger partial charge in [0.25, 0.3) is 0 Å². The van der Waals surface area contributed by atoms with Gasteiger partial charge in [-0.2, -0.15) is 0 Å². The summed E-state index contributed by atoms with van der Waals surface area (Å²) in [6.45, 7) is 1.99. The second-order valence-electron chi connectivity index (χ2n) is 9.10. The summed E-state index contributed by atoms with van der Waals surface area (Å²) in [6.07, 6.45) is 0.118. The fraction of sp³-hybridized carbons (Fsp3) is 0.276. The number of unbranched alkanes of at least 4 members (excludes halogenated alkanes) is 1. The van der Waals surface area contributed by atoms with Crippen molar-refractivity contribution in [2.75, 3.05) is 20.3 Å². The lowest BCUT2D eigenvalue weighted by Gasteiger charge is -2.33. The molecule has 204 valence electrons. The minimum absolute atomic E-state index is 0.0230. The maximum atomic E-state index is 13.2. The fourth-order valence-electron chi connectivity index (χ4n) is 4.46. The van der Waals surface area contributed by atoms with Crippen molar-refractivity contribution in [2.24, 2.45) is 0 Å². The van der Waals surface area contributed by atoms with Crippen LogP contribution in [-0.2, 0) is 0 Å². The molecule has 0 aliphatic carbocycles. The number of aliphatic hydroxyl groups is 1. The van der Waals surface area contributed by atoms with Crippen LogP contribution in [0.3, 0.4) is 0 Å². The van der Waals surface area contributed by atoms with Crippen molar-refractivity contribution in [3.8, 4) is 51.6 Å². The largest absolute Gasteiger partial charge is 0.508 e. The second-order valence-corrected chi connectivity index (χ2v) is 9.10. The standard InChI is InChI=1S/C29H28O10/c1-3-4-9-36-22-12-17(31)13-23-25(22)26(33)27(34)29(39-23)16-6-8-19-21(11-16)38-28(24(14-30)37-19)15-5-7-18(32)20(10-15)35-2/h5-8,10-13,24,28,30-32,34H,3-4,9,14H2,1-2H3. The molecule has 2 unspecified atom stereocenters. The van der Waals surface area contributed by atoms with Crippen molar-refractivity contribution >= 4 is 11.0 Å². The molecule has 0 saturated heterocycles. The van der Waals surface area contributed by atoms with Crippen LogP contribution in [-0.4, -0.2) is 46.9 Å². The summed E-state index contributed by atoms with van der Waals surface area (Å²) in [7, 11) is 1.42. The van der Waals surface area contributed by atoms with Crippen LogP contribution in [0.15, 0.2) is 57.7 Å². The molecule has 2 heterocycles. The Bertz CT molecular complexity index is 1580. The van der Waals surface area contributed by atoms with Gasteiger partial charge in [-0.15, -0.1) is 0 Å². The predicted octanol–water partition coefficient (Wildman–Crippen LogP) is 4.64. The van der Waals surface area contributed by atoms with Crippen molar-refractivity contribution in [1.82, 2.24) is 0 Å². The minimum Gasteiger partial charge on any atom is -0.508 e. The van der Waals surface area contributed by atoms with Crippen LogP contribution in [0.25, 0.3) is 22.3 Å². The highest BCUT2D eigenvalue weighted by Crippen LogP contribution is 2.44. The summed E-state index contributed by atoms with van der Waals surface area (Å²) in [5, 5.41) is 41.0. The first kappa shape index (κ1) is 26.1. The van der Waals surface area contributed by atoms with Crippen LogP contribution < -0.4 is 24.4 Å². The molecule has 10 nitrogen and oxygen atoms in total. The number of hydrogen-bond acceptors (Lipinski definition) is 10. The van der Waals surface area contributed by atoms with Gasteiger partial charge in [-0.1, -0.05) is 19.4 Å². The molecule has 1 aliphatic heterocycles. The quantitative estimate of drug-likeness (QED) is 0.235. The van der Waals surface area contributed by atoms with Crippen LogP contribution in [0.1, 0.15) is 31.4 Å². The lowest BCUT2D eigenvalue weighted by atomic mass is 10.0. The Morgan fingerprint density at radius 2 is 1.77 bits per heavy atom. The van der Waals surface area contributed by atoms with Gasteiger partial charge in [0.1, 0.15) is 22.5 Å². The predicted molar refractivity (Wildman–Crippen MR) is 141 cm³/mol. The third kappa shape index (κ3) is 4.86. The van der Waals surface area contributed by atoms with E-state index < -0.39 is 23.4 Å². The van der Waals surface area contributed by atoms with Gasteiger partial charge < -0.3 is 43.8 Å². The molecule has 2 atom stereocenters. The molecule has 4 aromatic rings. The number of rotatable bonds is 8. The Labute approximate surface area is 223 Å². The molecule has 1 aliphatic rings. The highest BCUT2D eigenvalue weighted by Gasteiger charge is 2.34. The third-order valence-corrected chi connectivity index (χ3v) is 6.46. The van der Waals surface area contributed by atoms with Gasteiger partial charge in [0.05, 0.1) is 20.3 Å². The average molecular weight is 537 g/mol. The zero-order chi connectivity index (χ0) is 27.7. The van der Waals surface area contributed by atoms with Crippen molar-refractivity contribution in [1.29, 1.82) is 0 Å². The van der Waals surface area contributed by atoms with Crippen LogP contribution in [0.5, 0.6) is 40.2 Å². The zero-order valence-electron chi connectivity index (χ0n) is 21.3. The van der Waals surface area contributed by atoms with Gasteiger partial charge in [0.2, 0.25) is 11.2 Å². The van der Waals surface area contributed by atoms with Gasteiger partial charge in [-0.25, -0.2) is 0 Å². The average Bonchev–Trinajstić information content (AvgIpc) is 2.94. The molecule has 4 N–H and O–H groups in total. The Balaban J connectivity index is 1.55. The molecule has 1 aromatic heterocycles. The molecule has 10 heteroatoms. The first-order valence-corrected chi connectivity index (χ1v) is 12.5. The van der Waals surface area contributed by atoms with Crippen LogP contribution in [0.2, 0.25) is 0 Å². The monoisotopic (exact) mass is 536 g/mol. The topological polar surface area (TPSA) is 148 Å². The lowest BCUT2D eigenvalue weighted by molar-refractivity contribution is -0.0123. The third-order valence-electron chi connectivity index (χ3n) is 6.46. The Morgan fingerprint density at radius 3 is 2.51 bits per heavy atom. The fourth-order valence-corrected chi connectivity index (χ4v) is 4.46. The number of ether oxygens (including phenoxy) is 4. The molecule has 5 rings (SSSR count). The van der Waals surface area contributed by atoms with E-state index in [1.807, 2.05) is 6.92 Å². The Hall–Kier alpha value is -4.57. The van der Waals surface area contributed by atoms with E-state index in [2.05, 4.69) is 0 Å². The minimum atomic E-state index is -0.760.